The third kappa shape index (κ3) is 3.85. The molecule has 0 bridgehead atoms. The van der Waals surface area contributed by atoms with Gasteiger partial charge >= 0.3 is 15.4 Å². The zero-order chi connectivity index (χ0) is 11.6. The van der Waals surface area contributed by atoms with Crippen LogP contribution in [-0.2, 0) is 14.9 Å². The summed E-state index contributed by atoms with van der Waals surface area (Å²) in [6.45, 7) is 3.47. The molecule has 7 heteroatoms. The van der Waals surface area contributed by atoms with E-state index in [1.807, 2.05) is 0 Å². The molecule has 0 rings (SSSR count). The highest BCUT2D eigenvalue weighted by Crippen LogP contribution is 2.24. The number of halogens is 2. The van der Waals surface area contributed by atoms with Gasteiger partial charge in [0.2, 0.25) is 0 Å². The Morgan fingerprint density at radius 2 is 1.79 bits per heavy atom. The van der Waals surface area contributed by atoms with Crippen LogP contribution in [0.15, 0.2) is 0 Å². The number of hydrogen-bond acceptors (Lipinski definition) is 3. The molecule has 0 fully saturated rings. The number of alkyl halides is 2. The number of ether oxygens (including phenoxy) is 1. The van der Waals surface area contributed by atoms with Gasteiger partial charge in [-0.1, -0.05) is 6.92 Å². The molecule has 0 amide bonds. The molecule has 0 aliphatic heterocycles. The summed E-state index contributed by atoms with van der Waals surface area (Å²) in [5.41, 5.74) is -0.839. The summed E-state index contributed by atoms with van der Waals surface area (Å²) < 4.78 is 58.5. The van der Waals surface area contributed by atoms with E-state index in [0.717, 1.165) is 0 Å². The molecule has 0 spiro atoms. The van der Waals surface area contributed by atoms with Gasteiger partial charge in [-0.25, -0.2) is 0 Å². The molecular weight excluding hydrogens is 218 g/mol. The van der Waals surface area contributed by atoms with E-state index in [9.17, 15) is 17.2 Å². The second kappa shape index (κ2) is 4.08. The predicted molar refractivity (Wildman–Crippen MR) is 46.8 cm³/mol. The normalized spacial score (nSPS) is 14.4. The topological polar surface area (TPSA) is 63.6 Å². The van der Waals surface area contributed by atoms with E-state index in [2.05, 4.69) is 4.74 Å². The lowest BCUT2D eigenvalue weighted by atomic mass is 10.1. The maximum Gasteiger partial charge on any atom is 0.392 e. The van der Waals surface area contributed by atoms with Crippen molar-refractivity contribution in [1.29, 1.82) is 0 Å². The van der Waals surface area contributed by atoms with Crippen molar-refractivity contribution < 1.29 is 26.5 Å². The Kier molecular flexibility index (Phi) is 4.00. The van der Waals surface area contributed by atoms with Crippen molar-refractivity contribution in [3.8, 4) is 0 Å². The van der Waals surface area contributed by atoms with Crippen molar-refractivity contribution in [3.63, 3.8) is 0 Å². The van der Waals surface area contributed by atoms with Gasteiger partial charge in [0.15, 0.2) is 0 Å². The first-order valence-corrected chi connectivity index (χ1v) is 5.45. The summed E-state index contributed by atoms with van der Waals surface area (Å²) in [6.07, 6.45) is 0.453. The molecule has 86 valence electrons. The van der Waals surface area contributed by atoms with Gasteiger partial charge in [0, 0.05) is 0 Å². The molecule has 0 aromatic heterocycles. The van der Waals surface area contributed by atoms with E-state index in [1.54, 1.807) is 20.8 Å². The van der Waals surface area contributed by atoms with Crippen LogP contribution in [0.25, 0.3) is 0 Å². The maximum atomic E-state index is 12.6. The summed E-state index contributed by atoms with van der Waals surface area (Å²) in [7, 11) is -5.39. The molecule has 0 aromatic carbocycles. The molecule has 0 saturated heterocycles. The van der Waals surface area contributed by atoms with E-state index in [4.69, 9.17) is 4.55 Å². The summed E-state index contributed by atoms with van der Waals surface area (Å²) in [5.74, 6) is 0. The zero-order valence-corrected chi connectivity index (χ0v) is 9.07. The molecule has 14 heavy (non-hydrogen) atoms. The summed E-state index contributed by atoms with van der Waals surface area (Å²) in [5, 5.41) is -4.25. The van der Waals surface area contributed by atoms with Gasteiger partial charge in [-0.15, -0.1) is 0 Å². The van der Waals surface area contributed by atoms with Gasteiger partial charge < -0.3 is 4.74 Å². The molecule has 0 aliphatic rings. The maximum absolute atomic E-state index is 12.6. The highest BCUT2D eigenvalue weighted by molar-refractivity contribution is 7.86. The van der Waals surface area contributed by atoms with Crippen molar-refractivity contribution >= 4 is 10.1 Å². The van der Waals surface area contributed by atoms with Gasteiger partial charge in [0.25, 0.3) is 0 Å². The Balaban J connectivity index is 4.42. The molecule has 0 unspecified atom stereocenters. The fourth-order valence-electron chi connectivity index (χ4n) is 0.456. The average Bonchev–Trinajstić information content (AvgIpc) is 1.99. The van der Waals surface area contributed by atoms with Crippen LogP contribution in [-0.4, -0.2) is 30.4 Å². The Labute approximate surface area is 82.0 Å². The number of rotatable bonds is 5. The van der Waals surface area contributed by atoms with Crippen LogP contribution in [0.3, 0.4) is 0 Å². The Morgan fingerprint density at radius 1 is 1.36 bits per heavy atom. The minimum Gasteiger partial charge on any atom is -0.368 e. The molecule has 0 atom stereocenters. The van der Waals surface area contributed by atoms with Crippen molar-refractivity contribution in [2.75, 3.05) is 6.61 Å². The lowest BCUT2D eigenvalue weighted by Crippen LogP contribution is -2.38. The van der Waals surface area contributed by atoms with Crippen molar-refractivity contribution in [2.45, 2.75) is 38.0 Å². The standard InChI is InChI=1S/C7H14F2O4S/c1-4-6(2,3)13-5-7(8,9)14(10,11)12/h4-5H2,1-3H3,(H,10,11,12). The molecule has 0 heterocycles. The Bertz CT molecular complexity index is 284. The van der Waals surface area contributed by atoms with Gasteiger partial charge in [0.05, 0.1) is 5.60 Å². The SMILES string of the molecule is CCC(C)(C)OCC(F)(F)S(=O)(=O)O. The minimum absolute atomic E-state index is 0.453. The first kappa shape index (κ1) is 13.7. The van der Waals surface area contributed by atoms with E-state index < -0.39 is 27.6 Å². The smallest absolute Gasteiger partial charge is 0.368 e. The Morgan fingerprint density at radius 3 is 2.07 bits per heavy atom. The summed E-state index contributed by atoms with van der Waals surface area (Å²) in [6, 6.07) is 0. The van der Waals surface area contributed by atoms with Crippen LogP contribution in [0.5, 0.6) is 0 Å². The fourth-order valence-corrected chi connectivity index (χ4v) is 0.664. The first-order chi connectivity index (χ1) is 6.02. The van der Waals surface area contributed by atoms with Crippen molar-refractivity contribution in [1.82, 2.24) is 0 Å². The lowest BCUT2D eigenvalue weighted by Gasteiger charge is -2.25. The predicted octanol–water partition coefficient (Wildman–Crippen LogP) is 1.67. The molecule has 1 N–H and O–H groups in total. The van der Waals surface area contributed by atoms with E-state index in [-0.39, 0.29) is 0 Å². The van der Waals surface area contributed by atoms with Gasteiger partial charge in [-0.05, 0) is 20.3 Å². The largest absolute Gasteiger partial charge is 0.392 e. The number of hydrogen-bond donors (Lipinski definition) is 1. The monoisotopic (exact) mass is 232 g/mol. The zero-order valence-electron chi connectivity index (χ0n) is 8.25. The third-order valence-corrected chi connectivity index (χ3v) is 2.73. The second-order valence-electron chi connectivity index (χ2n) is 3.51. The van der Waals surface area contributed by atoms with Gasteiger partial charge in [0.1, 0.15) is 6.61 Å². The molecule has 0 radical (unpaired) electrons. The van der Waals surface area contributed by atoms with E-state index in [1.165, 1.54) is 0 Å². The average molecular weight is 232 g/mol. The highest BCUT2D eigenvalue weighted by Gasteiger charge is 2.45. The van der Waals surface area contributed by atoms with Crippen LogP contribution < -0.4 is 0 Å². The van der Waals surface area contributed by atoms with Gasteiger partial charge in [-0.3, -0.25) is 4.55 Å². The van der Waals surface area contributed by atoms with E-state index >= 15 is 0 Å². The molecule has 4 nitrogen and oxygen atoms in total. The highest BCUT2D eigenvalue weighted by atomic mass is 32.2. The van der Waals surface area contributed by atoms with Crippen LogP contribution >= 0.6 is 0 Å². The Hall–Kier alpha value is -0.270. The van der Waals surface area contributed by atoms with E-state index in [0.29, 0.717) is 6.42 Å². The molecule has 0 aliphatic carbocycles. The summed E-state index contributed by atoms with van der Waals surface area (Å²) in [4.78, 5) is 0. The van der Waals surface area contributed by atoms with Crippen LogP contribution in [0.1, 0.15) is 27.2 Å². The third-order valence-electron chi connectivity index (χ3n) is 1.86. The van der Waals surface area contributed by atoms with Crippen molar-refractivity contribution in [2.24, 2.45) is 0 Å². The fraction of sp³-hybridized carbons (Fsp3) is 1.00. The van der Waals surface area contributed by atoms with Crippen LogP contribution in [0.4, 0.5) is 8.78 Å². The van der Waals surface area contributed by atoms with Gasteiger partial charge in [-0.2, -0.15) is 17.2 Å². The minimum atomic E-state index is -5.39. The lowest BCUT2D eigenvalue weighted by molar-refractivity contribution is -0.0914. The molecule has 0 saturated carbocycles. The molecule has 0 aromatic rings. The van der Waals surface area contributed by atoms with Crippen molar-refractivity contribution in [3.05, 3.63) is 0 Å². The quantitative estimate of drug-likeness (QED) is 0.732. The summed E-state index contributed by atoms with van der Waals surface area (Å²) >= 11 is 0. The van der Waals surface area contributed by atoms with Crippen LogP contribution in [0.2, 0.25) is 0 Å². The van der Waals surface area contributed by atoms with Crippen LogP contribution in [0, 0.1) is 0 Å². The first-order valence-electron chi connectivity index (χ1n) is 4.01. The second-order valence-corrected chi connectivity index (χ2v) is 5.06. The molecular formula is C7H14F2O4S.